The van der Waals surface area contributed by atoms with Gasteiger partial charge in [0.2, 0.25) is 0 Å². The number of hydrogen-bond acceptors (Lipinski definition) is 4. The van der Waals surface area contributed by atoms with Gasteiger partial charge in [0.25, 0.3) is 0 Å². The first-order chi connectivity index (χ1) is 25.7. The van der Waals surface area contributed by atoms with E-state index in [-0.39, 0.29) is 0 Å². The zero-order chi connectivity index (χ0) is 34.4. The van der Waals surface area contributed by atoms with Crippen molar-refractivity contribution < 1.29 is 0 Å². The van der Waals surface area contributed by atoms with Crippen LogP contribution in [-0.2, 0) is 0 Å². The first-order valence-corrected chi connectivity index (χ1v) is 17.5. The van der Waals surface area contributed by atoms with E-state index in [1.165, 1.54) is 10.8 Å². The maximum Gasteiger partial charge on any atom is 0.164 e. The normalized spacial score (nSPS) is 11.5. The molecule has 0 atom stereocenters. The second-order valence-electron chi connectivity index (χ2n) is 13.1. The van der Waals surface area contributed by atoms with Crippen molar-refractivity contribution in [2.45, 2.75) is 0 Å². The Labute approximate surface area is 300 Å². The summed E-state index contributed by atoms with van der Waals surface area (Å²) in [5, 5.41) is 7.99. The van der Waals surface area contributed by atoms with E-state index in [0.717, 1.165) is 71.5 Å². The second kappa shape index (κ2) is 12.4. The Morgan fingerprint density at radius 1 is 0.288 bits per heavy atom. The molecule has 4 nitrogen and oxygen atoms in total. The molecule has 10 aromatic rings. The van der Waals surface area contributed by atoms with Crippen LogP contribution in [0.25, 0.3) is 99.8 Å². The Hall–Kier alpha value is -7.04. The topological polar surface area (TPSA) is 51.6 Å². The third-order valence-corrected chi connectivity index (χ3v) is 9.85. The fourth-order valence-electron chi connectivity index (χ4n) is 7.23. The van der Waals surface area contributed by atoms with E-state index in [4.69, 9.17) is 19.9 Å². The van der Waals surface area contributed by atoms with Gasteiger partial charge in [-0.05, 0) is 73.8 Å². The SMILES string of the molecule is c1ccc(-c2cc(-c3ccccc3)c3c(ccc4cc(-c5nc(-c6ccc7ccccc7c6)nc(-c6ccc7ccccc7c6)n5)ccc43)n2)cc1. The summed E-state index contributed by atoms with van der Waals surface area (Å²) in [6, 6.07) is 63.5. The van der Waals surface area contributed by atoms with E-state index in [2.05, 4.69) is 176 Å². The van der Waals surface area contributed by atoms with Crippen LogP contribution in [0.4, 0.5) is 0 Å². The Balaban J connectivity index is 1.16. The minimum absolute atomic E-state index is 0.629. The van der Waals surface area contributed by atoms with E-state index in [9.17, 15) is 0 Å². The molecule has 10 rings (SSSR count). The summed E-state index contributed by atoms with van der Waals surface area (Å²) in [5.74, 6) is 1.91. The molecule has 8 aromatic carbocycles. The van der Waals surface area contributed by atoms with E-state index >= 15 is 0 Å². The summed E-state index contributed by atoms with van der Waals surface area (Å²) in [6.07, 6.45) is 0. The van der Waals surface area contributed by atoms with Crippen molar-refractivity contribution >= 4 is 43.2 Å². The molecule has 0 saturated carbocycles. The fraction of sp³-hybridized carbons (Fsp3) is 0. The average Bonchev–Trinajstić information content (AvgIpc) is 3.23. The molecule has 0 unspecified atom stereocenters. The summed E-state index contributed by atoms with van der Waals surface area (Å²) < 4.78 is 0. The maximum absolute atomic E-state index is 5.16. The van der Waals surface area contributed by atoms with Crippen LogP contribution < -0.4 is 0 Å². The molecule has 52 heavy (non-hydrogen) atoms. The highest BCUT2D eigenvalue weighted by Gasteiger charge is 2.16. The number of rotatable bonds is 5. The van der Waals surface area contributed by atoms with E-state index in [0.29, 0.717) is 17.5 Å². The third-order valence-electron chi connectivity index (χ3n) is 9.85. The molecule has 0 fully saturated rings. The zero-order valence-electron chi connectivity index (χ0n) is 28.1. The van der Waals surface area contributed by atoms with Crippen molar-refractivity contribution in [2.24, 2.45) is 0 Å². The Kier molecular flexibility index (Phi) is 7.10. The van der Waals surface area contributed by atoms with Crippen molar-refractivity contribution in [1.29, 1.82) is 0 Å². The molecule has 0 N–H and O–H groups in total. The van der Waals surface area contributed by atoms with Crippen LogP contribution in [0.5, 0.6) is 0 Å². The lowest BCUT2D eigenvalue weighted by Crippen LogP contribution is -2.00. The molecule has 2 aromatic heterocycles. The summed E-state index contributed by atoms with van der Waals surface area (Å²) in [6.45, 7) is 0. The smallest absolute Gasteiger partial charge is 0.164 e. The van der Waals surface area contributed by atoms with Gasteiger partial charge in [-0.1, -0.05) is 152 Å². The Morgan fingerprint density at radius 2 is 0.750 bits per heavy atom. The van der Waals surface area contributed by atoms with Crippen LogP contribution in [0.1, 0.15) is 0 Å². The van der Waals surface area contributed by atoms with Gasteiger partial charge < -0.3 is 0 Å². The highest BCUT2D eigenvalue weighted by Crippen LogP contribution is 2.38. The van der Waals surface area contributed by atoms with Crippen LogP contribution in [0.3, 0.4) is 0 Å². The van der Waals surface area contributed by atoms with Gasteiger partial charge in [-0.15, -0.1) is 0 Å². The lowest BCUT2D eigenvalue weighted by Gasteiger charge is -2.14. The third kappa shape index (κ3) is 5.34. The predicted octanol–water partition coefficient (Wildman–Crippen LogP) is 12.2. The standard InChI is InChI=1S/C48H30N4/c1-3-13-33(14-4-1)42-30-44(34-15-5-2-6-16-34)49-43-26-24-37-29-40(23-25-41(37)45(42)43)48-51-46(38-21-19-31-11-7-9-17-35(31)27-38)50-47(52-48)39-22-20-32-12-8-10-18-36(32)28-39/h1-30H. The number of fused-ring (bicyclic) bond motifs is 5. The van der Waals surface area contributed by atoms with E-state index in [1.54, 1.807) is 0 Å². The van der Waals surface area contributed by atoms with Gasteiger partial charge in [0.05, 0.1) is 11.2 Å². The lowest BCUT2D eigenvalue weighted by atomic mass is 9.94. The highest BCUT2D eigenvalue weighted by molar-refractivity contribution is 6.14. The molecule has 0 aliphatic heterocycles. The monoisotopic (exact) mass is 662 g/mol. The summed E-state index contributed by atoms with van der Waals surface area (Å²) in [5.41, 5.74) is 8.13. The van der Waals surface area contributed by atoms with Gasteiger partial charge in [0.1, 0.15) is 0 Å². The van der Waals surface area contributed by atoms with Gasteiger partial charge in [-0.2, -0.15) is 0 Å². The zero-order valence-corrected chi connectivity index (χ0v) is 28.1. The van der Waals surface area contributed by atoms with Gasteiger partial charge in [0.15, 0.2) is 17.5 Å². The molecule has 0 amide bonds. The Morgan fingerprint density at radius 3 is 1.33 bits per heavy atom. The van der Waals surface area contributed by atoms with Crippen LogP contribution in [0, 0.1) is 0 Å². The molecular formula is C48H30N4. The van der Waals surface area contributed by atoms with Crippen LogP contribution in [0.15, 0.2) is 182 Å². The average molecular weight is 663 g/mol. The molecular weight excluding hydrogens is 633 g/mol. The minimum atomic E-state index is 0.629. The number of nitrogens with zero attached hydrogens (tertiary/aromatic N) is 4. The van der Waals surface area contributed by atoms with E-state index in [1.807, 2.05) is 6.07 Å². The van der Waals surface area contributed by atoms with E-state index < -0.39 is 0 Å². The lowest BCUT2D eigenvalue weighted by molar-refractivity contribution is 1.08. The minimum Gasteiger partial charge on any atom is -0.248 e. The molecule has 4 heteroatoms. The van der Waals surface area contributed by atoms with Gasteiger partial charge in [-0.3, -0.25) is 0 Å². The molecule has 0 spiro atoms. The van der Waals surface area contributed by atoms with Gasteiger partial charge >= 0.3 is 0 Å². The van der Waals surface area contributed by atoms with Crippen molar-refractivity contribution in [2.75, 3.05) is 0 Å². The highest BCUT2D eigenvalue weighted by atomic mass is 15.0. The van der Waals surface area contributed by atoms with Crippen molar-refractivity contribution in [3.8, 4) is 56.5 Å². The van der Waals surface area contributed by atoms with Crippen molar-refractivity contribution in [1.82, 2.24) is 19.9 Å². The first kappa shape index (κ1) is 29.8. The molecule has 0 bridgehead atoms. The van der Waals surface area contributed by atoms with Crippen LogP contribution >= 0.6 is 0 Å². The second-order valence-corrected chi connectivity index (χ2v) is 13.1. The molecule has 242 valence electrons. The molecule has 0 saturated heterocycles. The van der Waals surface area contributed by atoms with Crippen LogP contribution in [-0.4, -0.2) is 19.9 Å². The van der Waals surface area contributed by atoms with Crippen LogP contribution in [0.2, 0.25) is 0 Å². The quantitative estimate of drug-likeness (QED) is 0.172. The number of aromatic nitrogens is 4. The molecule has 0 aliphatic carbocycles. The largest absolute Gasteiger partial charge is 0.248 e. The summed E-state index contributed by atoms with van der Waals surface area (Å²) >= 11 is 0. The molecule has 2 heterocycles. The molecule has 0 aliphatic rings. The van der Waals surface area contributed by atoms with Gasteiger partial charge in [0, 0.05) is 27.6 Å². The fourth-order valence-corrected chi connectivity index (χ4v) is 7.23. The van der Waals surface area contributed by atoms with Crippen molar-refractivity contribution in [3.63, 3.8) is 0 Å². The summed E-state index contributed by atoms with van der Waals surface area (Å²) in [7, 11) is 0. The van der Waals surface area contributed by atoms with Crippen molar-refractivity contribution in [3.05, 3.63) is 182 Å². The molecule has 0 radical (unpaired) electrons. The first-order valence-electron chi connectivity index (χ1n) is 17.5. The number of hydrogen-bond donors (Lipinski definition) is 0. The maximum atomic E-state index is 5.16. The number of pyridine rings is 1. The number of benzene rings is 8. The predicted molar refractivity (Wildman–Crippen MR) is 215 cm³/mol. The van der Waals surface area contributed by atoms with Gasteiger partial charge in [-0.25, -0.2) is 19.9 Å². The summed E-state index contributed by atoms with van der Waals surface area (Å²) in [4.78, 5) is 20.5. The Bertz CT molecular complexity index is 2860.